The van der Waals surface area contributed by atoms with Crippen molar-refractivity contribution in [3.63, 3.8) is 0 Å². The number of aromatic hydroxyl groups is 1. The van der Waals surface area contributed by atoms with E-state index in [1.54, 1.807) is 31.2 Å². The van der Waals surface area contributed by atoms with Gasteiger partial charge in [-0.2, -0.15) is 8.42 Å². The molecule has 0 heterocycles. The van der Waals surface area contributed by atoms with E-state index in [9.17, 15) is 31.6 Å². The molecule has 4 N–H and O–H groups in total. The Labute approximate surface area is 215 Å². The van der Waals surface area contributed by atoms with Gasteiger partial charge in [0.25, 0.3) is 10.1 Å². The number of phenols is 1. The molecule has 4 rings (SSSR count). The van der Waals surface area contributed by atoms with Crippen LogP contribution in [0.25, 0.3) is 21.5 Å². The highest BCUT2D eigenvalue weighted by atomic mass is 32.2. The molecule has 0 aliphatic heterocycles. The molecule has 37 heavy (non-hydrogen) atoms. The van der Waals surface area contributed by atoms with Crippen LogP contribution in [0.3, 0.4) is 0 Å². The Morgan fingerprint density at radius 2 is 1.81 bits per heavy atom. The van der Waals surface area contributed by atoms with Crippen molar-refractivity contribution in [3.8, 4) is 5.75 Å². The van der Waals surface area contributed by atoms with Crippen LogP contribution in [-0.4, -0.2) is 32.7 Å². The van der Waals surface area contributed by atoms with Crippen molar-refractivity contribution < 1.29 is 31.6 Å². The third-order valence-electron chi connectivity index (χ3n) is 5.85. The molecule has 0 bridgehead atoms. The minimum Gasteiger partial charge on any atom is -0.505 e. The first-order valence-corrected chi connectivity index (χ1v) is 13.6. The number of carbonyl (C=O) groups excluding carboxylic acids is 1. The van der Waals surface area contributed by atoms with Gasteiger partial charge in [-0.15, -0.1) is 10.2 Å². The first-order chi connectivity index (χ1) is 17.4. The first kappa shape index (κ1) is 26.4. The summed E-state index contributed by atoms with van der Waals surface area (Å²) < 4.78 is 55.3. The molecule has 0 aliphatic carbocycles. The van der Waals surface area contributed by atoms with Crippen molar-refractivity contribution in [2.24, 2.45) is 10.2 Å². The van der Waals surface area contributed by atoms with Crippen LogP contribution in [-0.2, 0) is 32.4 Å². The zero-order chi connectivity index (χ0) is 27.1. The van der Waals surface area contributed by atoms with Crippen molar-refractivity contribution in [2.45, 2.75) is 37.0 Å². The molecule has 0 radical (unpaired) electrons. The van der Waals surface area contributed by atoms with Crippen LogP contribution < -0.4 is 5.32 Å². The van der Waals surface area contributed by atoms with E-state index in [0.29, 0.717) is 10.9 Å². The first-order valence-electron chi connectivity index (χ1n) is 11.0. The minimum absolute atomic E-state index is 0.00999. The van der Waals surface area contributed by atoms with Crippen LogP contribution >= 0.6 is 0 Å². The van der Waals surface area contributed by atoms with Crippen LogP contribution in [0, 0.1) is 6.92 Å². The monoisotopic (exact) mass is 541 g/mol. The van der Waals surface area contributed by atoms with Crippen molar-refractivity contribution >= 4 is 65.7 Å². The van der Waals surface area contributed by atoms with Crippen LogP contribution in [0.4, 0.5) is 17.1 Å². The average molecular weight is 542 g/mol. The third kappa shape index (κ3) is 5.09. The second kappa shape index (κ2) is 9.98. The number of carbonyl (C=O) groups is 1. The number of hydrogen-bond acceptors (Lipinski definition) is 7. The highest BCUT2D eigenvalue weighted by molar-refractivity contribution is 7.85. The lowest BCUT2D eigenvalue weighted by Gasteiger charge is -2.14. The maximum absolute atomic E-state index is 12.3. The van der Waals surface area contributed by atoms with Gasteiger partial charge in [0.15, 0.2) is 16.8 Å². The molecule has 0 aliphatic rings. The molecule has 1 amide bonds. The third-order valence-corrected chi connectivity index (χ3v) is 7.46. The molecule has 0 aromatic heterocycles. The van der Waals surface area contributed by atoms with Gasteiger partial charge in [-0.1, -0.05) is 31.2 Å². The summed E-state index contributed by atoms with van der Waals surface area (Å²) in [6.07, 6.45) is 0.732. The van der Waals surface area contributed by atoms with Crippen LogP contribution in [0.15, 0.2) is 68.6 Å². The van der Waals surface area contributed by atoms with Crippen molar-refractivity contribution in [1.29, 1.82) is 0 Å². The van der Waals surface area contributed by atoms with E-state index in [2.05, 4.69) is 15.5 Å². The maximum Gasteiger partial charge on any atom is 0.294 e. The molecule has 4 aromatic rings. The minimum atomic E-state index is -4.60. The van der Waals surface area contributed by atoms with E-state index in [1.165, 1.54) is 13.0 Å². The van der Waals surface area contributed by atoms with Crippen LogP contribution in [0.2, 0.25) is 0 Å². The molecule has 10 nitrogen and oxygen atoms in total. The molecule has 12 heteroatoms. The quantitative estimate of drug-likeness (QED) is 0.137. The van der Waals surface area contributed by atoms with Crippen LogP contribution in [0.1, 0.15) is 25.0 Å². The van der Waals surface area contributed by atoms with Crippen molar-refractivity contribution in [2.75, 3.05) is 5.32 Å². The standard InChI is InChI=1S/C25H23N3O7S2/c1-4-15-6-5-7-19-18(15)8-9-20(25(19)36(31)32)27-28-23-13(2)10-16-11-17(37(33,34)35)12-21(26-14(3)29)22(16)24(23)30/h5-12,30H,4H2,1-3H3,(H,26,29)(H,31,32)(H,33,34,35). The molecule has 0 fully saturated rings. The Hall–Kier alpha value is -3.71. The number of anilines is 1. The Bertz CT molecular complexity index is 1750. The molecule has 1 unspecified atom stereocenters. The molecule has 0 saturated carbocycles. The topological polar surface area (TPSA) is 166 Å². The summed E-state index contributed by atoms with van der Waals surface area (Å²) in [4.78, 5) is 11.4. The number of phenolic OH excluding ortho intramolecular Hbond substituents is 1. The predicted octanol–water partition coefficient (Wildman–Crippen LogP) is 5.77. The van der Waals surface area contributed by atoms with Gasteiger partial charge in [0, 0.05) is 17.7 Å². The number of nitrogens with zero attached hydrogens (tertiary/aromatic N) is 2. The molecule has 0 spiro atoms. The highest BCUT2D eigenvalue weighted by Gasteiger charge is 2.20. The van der Waals surface area contributed by atoms with Crippen molar-refractivity contribution in [3.05, 3.63) is 59.7 Å². The van der Waals surface area contributed by atoms with Crippen LogP contribution in [0.5, 0.6) is 5.75 Å². The number of aryl methyl sites for hydroxylation is 2. The molecule has 4 aromatic carbocycles. The zero-order valence-corrected chi connectivity index (χ0v) is 21.6. The fraction of sp³-hybridized carbons (Fsp3) is 0.160. The van der Waals surface area contributed by atoms with E-state index in [-0.39, 0.29) is 32.7 Å². The second-order valence-corrected chi connectivity index (χ2v) is 10.7. The molecular weight excluding hydrogens is 518 g/mol. The summed E-state index contributed by atoms with van der Waals surface area (Å²) in [7, 11) is -4.60. The van der Waals surface area contributed by atoms with Gasteiger partial charge in [-0.25, -0.2) is 4.21 Å². The molecule has 0 saturated heterocycles. The van der Waals surface area contributed by atoms with Gasteiger partial charge < -0.3 is 15.0 Å². The van der Waals surface area contributed by atoms with E-state index in [0.717, 1.165) is 29.5 Å². The lowest BCUT2D eigenvalue weighted by atomic mass is 10.0. The van der Waals surface area contributed by atoms with Gasteiger partial charge in [0.1, 0.15) is 16.3 Å². The number of azo groups is 1. The smallest absolute Gasteiger partial charge is 0.294 e. The lowest BCUT2D eigenvalue weighted by Crippen LogP contribution is -2.08. The molecular formula is C25H23N3O7S2. The van der Waals surface area contributed by atoms with E-state index < -0.39 is 37.8 Å². The van der Waals surface area contributed by atoms with Gasteiger partial charge >= 0.3 is 0 Å². The fourth-order valence-electron chi connectivity index (χ4n) is 4.24. The average Bonchev–Trinajstić information content (AvgIpc) is 2.81. The highest BCUT2D eigenvalue weighted by Crippen LogP contribution is 2.44. The Kier molecular flexibility index (Phi) is 7.11. The largest absolute Gasteiger partial charge is 0.505 e. The summed E-state index contributed by atoms with van der Waals surface area (Å²) in [6.45, 7) is 4.79. The number of fused-ring (bicyclic) bond motifs is 2. The Morgan fingerprint density at radius 1 is 1.08 bits per heavy atom. The lowest BCUT2D eigenvalue weighted by molar-refractivity contribution is -0.114. The SMILES string of the molecule is CCc1cccc2c(S(=O)O)c(N=Nc3c(C)cc4cc(S(=O)(=O)O)cc(NC(C)=O)c4c3O)ccc12. The Morgan fingerprint density at radius 3 is 2.43 bits per heavy atom. The normalized spacial score (nSPS) is 12.9. The number of benzene rings is 4. The van der Waals surface area contributed by atoms with Gasteiger partial charge in [-0.05, 0) is 59.5 Å². The van der Waals surface area contributed by atoms with Crippen molar-refractivity contribution in [1.82, 2.24) is 0 Å². The predicted molar refractivity (Wildman–Crippen MR) is 141 cm³/mol. The number of nitrogens with one attached hydrogen (secondary N) is 1. The summed E-state index contributed by atoms with van der Waals surface area (Å²) in [5, 5.41) is 23.6. The Balaban J connectivity index is 1.94. The summed E-state index contributed by atoms with van der Waals surface area (Å²) in [5.74, 6) is -0.931. The van der Waals surface area contributed by atoms with E-state index in [4.69, 9.17) is 0 Å². The number of amides is 1. The fourth-order valence-corrected chi connectivity index (χ4v) is 5.44. The summed E-state index contributed by atoms with van der Waals surface area (Å²) in [5.41, 5.74) is 1.49. The summed E-state index contributed by atoms with van der Waals surface area (Å²) in [6, 6.07) is 12.5. The van der Waals surface area contributed by atoms with Gasteiger partial charge in [0.05, 0.1) is 10.6 Å². The summed E-state index contributed by atoms with van der Waals surface area (Å²) >= 11 is -2.38. The van der Waals surface area contributed by atoms with E-state index >= 15 is 0 Å². The van der Waals surface area contributed by atoms with Gasteiger partial charge in [-0.3, -0.25) is 9.35 Å². The zero-order valence-electron chi connectivity index (χ0n) is 20.0. The number of hydrogen-bond donors (Lipinski definition) is 4. The molecule has 192 valence electrons. The van der Waals surface area contributed by atoms with E-state index in [1.807, 2.05) is 13.0 Å². The maximum atomic E-state index is 12.3. The number of rotatable bonds is 6. The second-order valence-electron chi connectivity index (χ2n) is 8.34. The molecule has 1 atom stereocenters. The van der Waals surface area contributed by atoms with Gasteiger partial charge in [0.2, 0.25) is 5.91 Å².